The van der Waals surface area contributed by atoms with Gasteiger partial charge in [-0.15, -0.1) is 0 Å². The van der Waals surface area contributed by atoms with Crippen LogP contribution in [0.2, 0.25) is 0 Å². The number of esters is 1. The maximum atomic E-state index is 13.6. The molecule has 1 amide bonds. The number of ether oxygens (including phenoxy) is 1. The minimum Gasteiger partial charge on any atom is -0.421 e. The van der Waals surface area contributed by atoms with Crippen LogP contribution < -0.4 is 10.2 Å². The van der Waals surface area contributed by atoms with Crippen LogP contribution in [0.4, 0.5) is 5.69 Å². The Kier molecular flexibility index (Phi) is 8.05. The highest BCUT2D eigenvalue weighted by molar-refractivity contribution is 9.11. The van der Waals surface area contributed by atoms with Crippen LogP contribution in [0.5, 0.6) is 5.75 Å². The number of halogens is 2. The second kappa shape index (κ2) is 12.2. The van der Waals surface area contributed by atoms with Gasteiger partial charge in [-0.2, -0.15) is 5.10 Å². The van der Waals surface area contributed by atoms with Crippen molar-refractivity contribution in [1.82, 2.24) is 10.4 Å². The van der Waals surface area contributed by atoms with Crippen molar-refractivity contribution in [3.8, 4) is 16.9 Å². The summed E-state index contributed by atoms with van der Waals surface area (Å²) in [6.45, 7) is 0. The number of carbonyl (C=O) groups excluding carboxylic acids is 2. The standard InChI is InChI=1S/C33H20Br2N4O5/c34-23-16-22(31(27(35)17-23)44-33(41)21-10-13-24(14-11-21)39(42)43)18-36-38-32(40)30-28(20-7-2-1-3-8-20)26-15-12-19-6-4-5-9-25(19)29(26)37-30/h1-18,37H,(H,38,40). The second-order valence-corrected chi connectivity index (χ2v) is 11.4. The van der Waals surface area contributed by atoms with E-state index < -0.39 is 16.8 Å². The van der Waals surface area contributed by atoms with Gasteiger partial charge in [0.25, 0.3) is 11.6 Å². The number of H-pyrrole nitrogens is 1. The number of nitrogens with zero attached hydrogens (tertiary/aromatic N) is 2. The summed E-state index contributed by atoms with van der Waals surface area (Å²) in [4.78, 5) is 40.2. The number of hydrogen-bond donors (Lipinski definition) is 2. The van der Waals surface area contributed by atoms with Gasteiger partial charge in [0.1, 0.15) is 5.69 Å². The number of aromatic nitrogens is 1. The lowest BCUT2D eigenvalue weighted by molar-refractivity contribution is -0.384. The maximum Gasteiger partial charge on any atom is 0.343 e. The summed E-state index contributed by atoms with van der Waals surface area (Å²) < 4.78 is 6.75. The van der Waals surface area contributed by atoms with E-state index in [0.29, 0.717) is 20.2 Å². The van der Waals surface area contributed by atoms with E-state index in [0.717, 1.165) is 32.8 Å². The van der Waals surface area contributed by atoms with E-state index in [9.17, 15) is 19.7 Å². The molecule has 0 atom stereocenters. The Labute approximate surface area is 267 Å². The zero-order valence-corrected chi connectivity index (χ0v) is 25.8. The smallest absolute Gasteiger partial charge is 0.343 e. The monoisotopic (exact) mass is 710 g/mol. The molecule has 0 radical (unpaired) electrons. The molecule has 0 saturated heterocycles. The van der Waals surface area contributed by atoms with Gasteiger partial charge in [-0.1, -0.05) is 82.7 Å². The highest BCUT2D eigenvalue weighted by Gasteiger charge is 2.21. The van der Waals surface area contributed by atoms with E-state index >= 15 is 0 Å². The van der Waals surface area contributed by atoms with Gasteiger partial charge in [-0.25, -0.2) is 10.2 Å². The van der Waals surface area contributed by atoms with Crippen LogP contribution >= 0.6 is 31.9 Å². The molecule has 0 unspecified atom stereocenters. The summed E-state index contributed by atoms with van der Waals surface area (Å²) in [6.07, 6.45) is 1.37. The minimum absolute atomic E-state index is 0.126. The van der Waals surface area contributed by atoms with Crippen molar-refractivity contribution >= 4 is 77.3 Å². The Bertz CT molecular complexity index is 2110. The Morgan fingerprint density at radius 1 is 0.886 bits per heavy atom. The van der Waals surface area contributed by atoms with Crippen molar-refractivity contribution in [2.24, 2.45) is 5.10 Å². The number of non-ortho nitro benzene ring substituents is 1. The fourth-order valence-electron chi connectivity index (χ4n) is 4.88. The number of benzene rings is 5. The molecule has 2 N–H and O–H groups in total. The first-order valence-electron chi connectivity index (χ1n) is 13.2. The lowest BCUT2D eigenvalue weighted by Crippen LogP contribution is -2.19. The van der Waals surface area contributed by atoms with E-state index in [1.54, 1.807) is 12.1 Å². The van der Waals surface area contributed by atoms with Gasteiger partial charge < -0.3 is 9.72 Å². The first kappa shape index (κ1) is 29.0. The summed E-state index contributed by atoms with van der Waals surface area (Å²) in [5, 5.41) is 18.1. The molecule has 0 aliphatic rings. The summed E-state index contributed by atoms with van der Waals surface area (Å²) in [7, 11) is 0. The van der Waals surface area contributed by atoms with Crippen LogP contribution in [-0.2, 0) is 0 Å². The third-order valence-electron chi connectivity index (χ3n) is 6.90. The number of carbonyl (C=O) groups is 2. The van der Waals surface area contributed by atoms with Crippen LogP contribution in [0, 0.1) is 10.1 Å². The molecule has 0 fully saturated rings. The molecule has 0 aliphatic heterocycles. The van der Waals surface area contributed by atoms with Gasteiger partial charge >= 0.3 is 5.97 Å². The van der Waals surface area contributed by atoms with Gasteiger partial charge in [0.15, 0.2) is 5.75 Å². The number of rotatable bonds is 7. The Balaban J connectivity index is 1.31. The van der Waals surface area contributed by atoms with Gasteiger partial charge in [0.2, 0.25) is 0 Å². The zero-order valence-electron chi connectivity index (χ0n) is 22.6. The number of aromatic amines is 1. The number of nitrogens with one attached hydrogen (secondary N) is 2. The molecule has 6 aromatic rings. The number of nitro benzene ring substituents is 1. The zero-order chi connectivity index (χ0) is 30.8. The average molecular weight is 712 g/mol. The van der Waals surface area contributed by atoms with Crippen molar-refractivity contribution in [1.29, 1.82) is 0 Å². The number of fused-ring (bicyclic) bond motifs is 3. The van der Waals surface area contributed by atoms with Crippen molar-refractivity contribution in [2.75, 3.05) is 0 Å². The molecule has 6 rings (SSSR count). The number of amides is 1. The van der Waals surface area contributed by atoms with E-state index in [1.165, 1.54) is 30.5 Å². The third kappa shape index (κ3) is 5.75. The van der Waals surface area contributed by atoms with Gasteiger partial charge in [0.05, 0.1) is 26.7 Å². The summed E-state index contributed by atoms with van der Waals surface area (Å²) in [5.41, 5.74) is 5.78. The van der Waals surface area contributed by atoms with E-state index in [2.05, 4.69) is 47.4 Å². The molecule has 0 bridgehead atoms. The van der Waals surface area contributed by atoms with Crippen molar-refractivity contribution in [3.63, 3.8) is 0 Å². The SMILES string of the molecule is O=C(Oc1c(Br)cc(Br)cc1C=NNC(=O)c1[nH]c2c(ccc3ccccc32)c1-c1ccccc1)c1ccc([N+](=O)[O-])cc1. The fourth-order valence-corrected chi connectivity index (χ4v) is 6.22. The van der Waals surface area contributed by atoms with Crippen molar-refractivity contribution < 1.29 is 19.2 Å². The lowest BCUT2D eigenvalue weighted by Gasteiger charge is -2.10. The molecule has 0 aliphatic carbocycles. The van der Waals surface area contributed by atoms with Crippen molar-refractivity contribution in [3.05, 3.63) is 139 Å². The molecule has 1 heterocycles. The quantitative estimate of drug-likeness (QED) is 0.0565. The third-order valence-corrected chi connectivity index (χ3v) is 7.95. The fraction of sp³-hybridized carbons (Fsp3) is 0. The average Bonchev–Trinajstić information content (AvgIpc) is 3.43. The molecule has 216 valence electrons. The molecule has 0 saturated carbocycles. The number of hydrazone groups is 1. The second-order valence-electron chi connectivity index (χ2n) is 9.65. The summed E-state index contributed by atoms with van der Waals surface area (Å²) in [6, 6.07) is 30.1. The lowest BCUT2D eigenvalue weighted by atomic mass is 9.99. The normalized spacial score (nSPS) is 11.2. The Hall–Kier alpha value is -5.13. The molecular weight excluding hydrogens is 692 g/mol. The molecule has 1 aromatic heterocycles. The van der Waals surface area contributed by atoms with Crippen LogP contribution in [0.15, 0.2) is 117 Å². The van der Waals surface area contributed by atoms with Crippen LogP contribution in [0.25, 0.3) is 32.8 Å². The summed E-state index contributed by atoms with van der Waals surface area (Å²) in [5.74, 6) is -1.03. The number of hydrogen-bond acceptors (Lipinski definition) is 6. The maximum absolute atomic E-state index is 13.6. The van der Waals surface area contributed by atoms with E-state index in [1.807, 2.05) is 66.7 Å². The van der Waals surface area contributed by atoms with Gasteiger partial charge in [-0.3, -0.25) is 14.9 Å². The molecule has 0 spiro atoms. The van der Waals surface area contributed by atoms with Crippen molar-refractivity contribution in [2.45, 2.75) is 0 Å². The number of nitro groups is 1. The van der Waals surface area contributed by atoms with Gasteiger partial charge in [0, 0.05) is 38.5 Å². The highest BCUT2D eigenvalue weighted by Crippen LogP contribution is 2.36. The van der Waals surface area contributed by atoms with Gasteiger partial charge in [-0.05, 0) is 51.1 Å². The first-order valence-corrected chi connectivity index (χ1v) is 14.8. The molecular formula is C33H20Br2N4O5. The Morgan fingerprint density at radius 2 is 1.61 bits per heavy atom. The molecule has 5 aromatic carbocycles. The van der Waals surface area contributed by atoms with E-state index in [-0.39, 0.29) is 17.0 Å². The minimum atomic E-state index is -0.723. The van der Waals surface area contributed by atoms with Crippen LogP contribution in [0.3, 0.4) is 0 Å². The Morgan fingerprint density at radius 3 is 2.36 bits per heavy atom. The predicted molar refractivity (Wildman–Crippen MR) is 176 cm³/mol. The highest BCUT2D eigenvalue weighted by atomic mass is 79.9. The molecule has 9 nitrogen and oxygen atoms in total. The molecule has 44 heavy (non-hydrogen) atoms. The van der Waals surface area contributed by atoms with E-state index in [4.69, 9.17) is 4.74 Å². The first-order chi connectivity index (χ1) is 21.3. The topological polar surface area (TPSA) is 127 Å². The summed E-state index contributed by atoms with van der Waals surface area (Å²) >= 11 is 6.84. The van der Waals surface area contributed by atoms with Crippen LogP contribution in [0.1, 0.15) is 26.4 Å². The molecule has 11 heteroatoms. The predicted octanol–water partition coefficient (Wildman–Crippen LogP) is 8.40. The largest absolute Gasteiger partial charge is 0.421 e. The van der Waals surface area contributed by atoms with Crippen LogP contribution in [-0.4, -0.2) is 28.0 Å².